The summed E-state index contributed by atoms with van der Waals surface area (Å²) in [6, 6.07) is 3.96. The van der Waals surface area contributed by atoms with Crippen molar-refractivity contribution in [1.82, 2.24) is 10.6 Å². The molecule has 1 aliphatic rings. The summed E-state index contributed by atoms with van der Waals surface area (Å²) < 4.78 is 5.24. The van der Waals surface area contributed by atoms with Gasteiger partial charge in [-0.1, -0.05) is 0 Å². The smallest absolute Gasteiger partial charge is 0.198 e. The van der Waals surface area contributed by atoms with Crippen molar-refractivity contribution in [2.45, 2.75) is 19.4 Å². The summed E-state index contributed by atoms with van der Waals surface area (Å²) >= 11 is 0. The van der Waals surface area contributed by atoms with Crippen molar-refractivity contribution >= 4 is 11.9 Å². The molecule has 1 unspecified atom stereocenters. The zero-order valence-corrected chi connectivity index (χ0v) is 9.81. The number of guanidine groups is 2. The molecule has 0 amide bonds. The van der Waals surface area contributed by atoms with Crippen LogP contribution in [0.2, 0.25) is 0 Å². The summed E-state index contributed by atoms with van der Waals surface area (Å²) in [7, 11) is 0. The van der Waals surface area contributed by atoms with Gasteiger partial charge >= 0.3 is 0 Å². The molecule has 6 heteroatoms. The van der Waals surface area contributed by atoms with Gasteiger partial charge in [-0.2, -0.15) is 0 Å². The summed E-state index contributed by atoms with van der Waals surface area (Å²) in [4.78, 5) is 8.54. The first-order valence-electron chi connectivity index (χ1n) is 5.65. The topological polar surface area (TPSA) is 87.9 Å². The number of nitrogens with zero attached hydrogens (tertiary/aromatic N) is 2. The van der Waals surface area contributed by atoms with Crippen molar-refractivity contribution in [3.05, 3.63) is 24.2 Å². The third-order valence-corrected chi connectivity index (χ3v) is 2.37. The lowest BCUT2D eigenvalue weighted by molar-refractivity contribution is 0.507. The van der Waals surface area contributed by atoms with Gasteiger partial charge in [0, 0.05) is 13.0 Å². The Labute approximate surface area is 100 Å². The fraction of sp³-hybridized carbons (Fsp3) is 0.455. The van der Waals surface area contributed by atoms with Crippen LogP contribution < -0.4 is 16.4 Å². The summed E-state index contributed by atoms with van der Waals surface area (Å²) in [5.74, 6) is 2.02. The quantitative estimate of drug-likeness (QED) is 0.692. The second-order valence-corrected chi connectivity index (χ2v) is 3.93. The van der Waals surface area contributed by atoms with Crippen LogP contribution >= 0.6 is 0 Å². The zero-order chi connectivity index (χ0) is 12.1. The van der Waals surface area contributed by atoms with E-state index >= 15 is 0 Å². The van der Waals surface area contributed by atoms with E-state index in [1.807, 2.05) is 19.1 Å². The highest BCUT2D eigenvalue weighted by molar-refractivity contribution is 5.98. The molecule has 1 aromatic heterocycles. The van der Waals surface area contributed by atoms with E-state index in [-0.39, 0.29) is 6.04 Å². The van der Waals surface area contributed by atoms with Crippen molar-refractivity contribution < 1.29 is 4.42 Å². The largest absolute Gasteiger partial charge is 0.469 e. The van der Waals surface area contributed by atoms with Gasteiger partial charge in [-0.3, -0.25) is 10.3 Å². The number of furan rings is 1. The predicted octanol–water partition coefficient (Wildman–Crippen LogP) is 0.0741. The minimum atomic E-state index is 0.134. The number of nitrogens with two attached hydrogens (primary N) is 1. The molecule has 2 heterocycles. The summed E-state index contributed by atoms with van der Waals surface area (Å²) in [5.41, 5.74) is 5.65. The normalized spacial score (nSPS) is 19.9. The Balaban J connectivity index is 1.83. The van der Waals surface area contributed by atoms with Gasteiger partial charge in [0.1, 0.15) is 5.76 Å². The predicted molar refractivity (Wildman–Crippen MR) is 66.9 cm³/mol. The fourth-order valence-corrected chi connectivity index (χ4v) is 1.53. The number of rotatable bonds is 3. The van der Waals surface area contributed by atoms with Crippen LogP contribution in [0.5, 0.6) is 0 Å². The molecule has 2 rings (SSSR count). The van der Waals surface area contributed by atoms with Gasteiger partial charge in [-0.15, -0.1) is 0 Å². The van der Waals surface area contributed by atoms with E-state index in [9.17, 15) is 0 Å². The Hall–Kier alpha value is -1.98. The summed E-state index contributed by atoms with van der Waals surface area (Å²) in [5, 5.41) is 6.10. The molecule has 0 saturated carbocycles. The van der Waals surface area contributed by atoms with Crippen LogP contribution in [0.1, 0.15) is 12.7 Å². The molecular weight excluding hydrogens is 218 g/mol. The Morgan fingerprint density at radius 3 is 3.29 bits per heavy atom. The van der Waals surface area contributed by atoms with E-state index in [0.717, 1.165) is 18.7 Å². The Morgan fingerprint density at radius 1 is 1.65 bits per heavy atom. The maximum atomic E-state index is 5.65. The number of hydrogen-bond acceptors (Lipinski definition) is 6. The number of aliphatic imine (C=N–C) groups is 2. The molecule has 0 spiro atoms. The Morgan fingerprint density at radius 2 is 2.53 bits per heavy atom. The van der Waals surface area contributed by atoms with Gasteiger partial charge < -0.3 is 15.5 Å². The minimum Gasteiger partial charge on any atom is -0.469 e. The van der Waals surface area contributed by atoms with Gasteiger partial charge in [-0.25, -0.2) is 4.99 Å². The molecule has 0 saturated heterocycles. The van der Waals surface area contributed by atoms with Crippen LogP contribution in [0.25, 0.3) is 0 Å². The molecule has 0 aromatic carbocycles. The molecule has 6 nitrogen and oxygen atoms in total. The average Bonchev–Trinajstić information content (AvgIpc) is 2.73. The summed E-state index contributed by atoms with van der Waals surface area (Å²) in [6.07, 6.45) is 2.47. The fourth-order valence-electron chi connectivity index (χ4n) is 1.53. The highest BCUT2D eigenvalue weighted by Crippen LogP contribution is 1.99. The van der Waals surface area contributed by atoms with E-state index in [2.05, 4.69) is 20.6 Å². The van der Waals surface area contributed by atoms with E-state index < -0.39 is 0 Å². The molecule has 1 aromatic rings. The first kappa shape index (κ1) is 11.5. The van der Waals surface area contributed by atoms with E-state index in [1.165, 1.54) is 0 Å². The maximum Gasteiger partial charge on any atom is 0.198 e. The molecule has 0 aliphatic carbocycles. The first-order valence-corrected chi connectivity index (χ1v) is 5.65. The van der Waals surface area contributed by atoms with Crippen LogP contribution in [-0.2, 0) is 6.42 Å². The molecule has 0 fully saturated rings. The van der Waals surface area contributed by atoms with Crippen molar-refractivity contribution in [2.24, 2.45) is 15.7 Å². The maximum absolute atomic E-state index is 5.65. The molecule has 1 aliphatic heterocycles. The molecule has 0 radical (unpaired) electrons. The van der Waals surface area contributed by atoms with Gasteiger partial charge in [0.2, 0.25) is 0 Å². The van der Waals surface area contributed by atoms with Crippen molar-refractivity contribution in [1.29, 1.82) is 0 Å². The second-order valence-electron chi connectivity index (χ2n) is 3.93. The molecule has 17 heavy (non-hydrogen) atoms. The molecular formula is C11H17N5O. The van der Waals surface area contributed by atoms with E-state index in [4.69, 9.17) is 10.2 Å². The molecule has 1 atom stereocenters. The van der Waals surface area contributed by atoms with Crippen molar-refractivity contribution in [3.63, 3.8) is 0 Å². The Bertz CT molecular complexity index is 410. The Kier molecular flexibility index (Phi) is 3.64. The summed E-state index contributed by atoms with van der Waals surface area (Å²) in [6.45, 7) is 3.35. The van der Waals surface area contributed by atoms with Crippen molar-refractivity contribution in [2.75, 3.05) is 13.1 Å². The monoisotopic (exact) mass is 235 g/mol. The van der Waals surface area contributed by atoms with Gasteiger partial charge in [-0.05, 0) is 19.1 Å². The van der Waals surface area contributed by atoms with E-state index in [0.29, 0.717) is 18.5 Å². The van der Waals surface area contributed by atoms with Crippen LogP contribution in [-0.4, -0.2) is 31.1 Å². The van der Waals surface area contributed by atoms with Crippen LogP contribution in [0.3, 0.4) is 0 Å². The lowest BCUT2D eigenvalue weighted by Gasteiger charge is -2.09. The molecule has 4 N–H and O–H groups in total. The third-order valence-electron chi connectivity index (χ3n) is 2.37. The SMILES string of the molecule is CC1CN=C(N)NC(NCCc2ccco2)=N1. The molecule has 0 bridgehead atoms. The highest BCUT2D eigenvalue weighted by atomic mass is 16.3. The van der Waals surface area contributed by atoms with E-state index in [1.54, 1.807) is 6.26 Å². The highest BCUT2D eigenvalue weighted by Gasteiger charge is 2.09. The van der Waals surface area contributed by atoms with Gasteiger partial charge in [0.25, 0.3) is 0 Å². The number of nitrogens with one attached hydrogen (secondary N) is 2. The lowest BCUT2D eigenvalue weighted by atomic mass is 10.3. The van der Waals surface area contributed by atoms with Crippen LogP contribution in [0, 0.1) is 0 Å². The minimum absolute atomic E-state index is 0.134. The zero-order valence-electron chi connectivity index (χ0n) is 9.81. The first-order chi connectivity index (χ1) is 8.24. The second kappa shape index (κ2) is 5.38. The average molecular weight is 235 g/mol. The standard InChI is InChI=1S/C11H17N5O/c1-8-7-14-10(12)16-11(15-8)13-5-4-9-3-2-6-17-9/h2-3,6,8H,4-5,7H2,1H3,(H4,12,13,14,15,16). The third kappa shape index (κ3) is 3.51. The van der Waals surface area contributed by atoms with Gasteiger partial charge in [0.05, 0.1) is 18.8 Å². The van der Waals surface area contributed by atoms with Crippen molar-refractivity contribution in [3.8, 4) is 0 Å². The lowest BCUT2D eigenvalue weighted by Crippen LogP contribution is -2.44. The van der Waals surface area contributed by atoms with Gasteiger partial charge in [0.15, 0.2) is 11.9 Å². The number of hydrogen-bond donors (Lipinski definition) is 3. The van der Waals surface area contributed by atoms with Crippen LogP contribution in [0.15, 0.2) is 32.8 Å². The van der Waals surface area contributed by atoms with Crippen LogP contribution in [0.4, 0.5) is 0 Å². The molecule has 92 valence electrons.